The molecule has 0 aliphatic carbocycles. The van der Waals surface area contributed by atoms with Crippen molar-refractivity contribution in [1.29, 1.82) is 0 Å². The fraction of sp³-hybridized carbons (Fsp3) is 0.0667. The molecule has 0 unspecified atom stereocenters. The third-order valence-corrected chi connectivity index (χ3v) is 6.77. The summed E-state index contributed by atoms with van der Waals surface area (Å²) in [6.45, 7) is 0.655. The number of halogens is 1. The second-order valence-corrected chi connectivity index (χ2v) is 9.09. The number of benzene rings is 3. The maximum absolute atomic E-state index is 10.1. The van der Waals surface area contributed by atoms with Crippen LogP contribution in [0.15, 0.2) is 102 Å². The molecule has 0 bridgehead atoms. The predicted octanol–water partition coefficient (Wildman–Crippen LogP) is 7.12. The van der Waals surface area contributed by atoms with E-state index in [-0.39, 0.29) is 5.75 Å². The van der Waals surface area contributed by atoms with E-state index in [1.54, 1.807) is 12.1 Å². The van der Waals surface area contributed by atoms with Crippen molar-refractivity contribution in [3.8, 4) is 22.8 Å². The van der Waals surface area contributed by atoms with Crippen LogP contribution in [0.25, 0.3) is 27.8 Å². The molecule has 182 valence electrons. The van der Waals surface area contributed by atoms with Gasteiger partial charge in [-0.15, -0.1) is 0 Å². The first-order valence-electron chi connectivity index (χ1n) is 11.8. The molecule has 1 N–H and O–H groups in total. The minimum absolute atomic E-state index is 0.0754. The molecule has 0 saturated carbocycles. The molecular formula is C30H23ClN4O2. The largest absolute Gasteiger partial charge is 0.504 e. The van der Waals surface area contributed by atoms with Crippen molar-refractivity contribution in [3.05, 3.63) is 113 Å². The van der Waals surface area contributed by atoms with Crippen molar-refractivity contribution in [3.63, 3.8) is 0 Å². The molecule has 6 rings (SSSR count). The maximum Gasteiger partial charge on any atom is 0.165 e. The average Bonchev–Trinajstić information content (AvgIpc) is 3.47. The molecule has 6 nitrogen and oxygen atoms in total. The number of fused-ring (bicyclic) bond motifs is 2. The third kappa shape index (κ3) is 4.21. The molecule has 37 heavy (non-hydrogen) atoms. The van der Waals surface area contributed by atoms with Crippen LogP contribution in [0.5, 0.6) is 11.5 Å². The fourth-order valence-corrected chi connectivity index (χ4v) is 4.77. The lowest BCUT2D eigenvalue weighted by molar-refractivity contribution is 0.373. The summed E-state index contributed by atoms with van der Waals surface area (Å²) in [6, 6.07) is 27.2. The standard InChI is InChI=1S/C30H23ClN4O2/c1-37-27-16-20(13-14-26(27)36)29-30(35-15-7-6-12-28(35)33-29)32-17-22-19-34(25-11-5-3-9-23(22)25)18-21-8-2-4-10-24(21)31/h2-17,19,36H,18H2,1H3. The summed E-state index contributed by atoms with van der Waals surface area (Å²) >= 11 is 6.45. The van der Waals surface area contributed by atoms with Crippen LogP contribution in [0.3, 0.4) is 0 Å². The van der Waals surface area contributed by atoms with Crippen LogP contribution in [0.1, 0.15) is 11.1 Å². The molecule has 0 aliphatic heterocycles. The quantitative estimate of drug-likeness (QED) is 0.244. The third-order valence-electron chi connectivity index (χ3n) is 6.40. The Morgan fingerprint density at radius 3 is 2.68 bits per heavy atom. The number of ether oxygens (including phenoxy) is 1. The van der Waals surface area contributed by atoms with E-state index < -0.39 is 0 Å². The van der Waals surface area contributed by atoms with Crippen LogP contribution in [0.2, 0.25) is 5.02 Å². The van der Waals surface area contributed by atoms with Gasteiger partial charge in [-0.1, -0.05) is 54.1 Å². The van der Waals surface area contributed by atoms with E-state index >= 15 is 0 Å². The summed E-state index contributed by atoms with van der Waals surface area (Å²) in [6.07, 6.45) is 5.92. The molecule has 0 radical (unpaired) electrons. The van der Waals surface area contributed by atoms with E-state index in [0.29, 0.717) is 23.8 Å². The first-order chi connectivity index (χ1) is 18.1. The van der Waals surface area contributed by atoms with Gasteiger partial charge in [-0.3, -0.25) is 4.40 Å². The Hall–Kier alpha value is -4.55. The number of hydrogen-bond acceptors (Lipinski definition) is 4. The molecule has 0 fully saturated rings. The normalized spacial score (nSPS) is 11.6. The van der Waals surface area contributed by atoms with Crippen molar-refractivity contribution in [2.75, 3.05) is 7.11 Å². The van der Waals surface area contributed by atoms with Crippen LogP contribution in [0.4, 0.5) is 5.82 Å². The topological polar surface area (TPSA) is 64.0 Å². The zero-order chi connectivity index (χ0) is 25.4. The highest BCUT2D eigenvalue weighted by Crippen LogP contribution is 2.36. The molecule has 7 heteroatoms. The van der Waals surface area contributed by atoms with Crippen LogP contribution < -0.4 is 4.74 Å². The minimum Gasteiger partial charge on any atom is -0.504 e. The number of phenolic OH excluding ortho intramolecular Hbond substituents is 1. The number of rotatable bonds is 6. The number of aliphatic imine (C=N–C) groups is 1. The van der Waals surface area contributed by atoms with Crippen molar-refractivity contribution < 1.29 is 9.84 Å². The number of phenols is 1. The molecule has 3 aromatic carbocycles. The summed E-state index contributed by atoms with van der Waals surface area (Å²) in [5.74, 6) is 1.14. The lowest BCUT2D eigenvalue weighted by Gasteiger charge is -2.07. The summed E-state index contributed by atoms with van der Waals surface area (Å²) in [7, 11) is 1.53. The van der Waals surface area contributed by atoms with Gasteiger partial charge in [0.25, 0.3) is 0 Å². The Kier molecular flexibility index (Phi) is 5.87. The van der Waals surface area contributed by atoms with Gasteiger partial charge >= 0.3 is 0 Å². The number of para-hydroxylation sites is 1. The van der Waals surface area contributed by atoms with Crippen LogP contribution >= 0.6 is 11.6 Å². The van der Waals surface area contributed by atoms with Crippen molar-refractivity contribution in [1.82, 2.24) is 14.0 Å². The second-order valence-electron chi connectivity index (χ2n) is 8.68. The monoisotopic (exact) mass is 506 g/mol. The van der Waals surface area contributed by atoms with E-state index in [4.69, 9.17) is 26.3 Å². The molecule has 0 atom stereocenters. The number of pyridine rings is 1. The summed E-state index contributed by atoms with van der Waals surface area (Å²) in [4.78, 5) is 9.77. The Morgan fingerprint density at radius 2 is 1.81 bits per heavy atom. The molecule has 6 aromatic rings. The molecule has 0 aliphatic rings. The Bertz CT molecular complexity index is 1780. The van der Waals surface area contributed by atoms with Gasteiger partial charge in [0.2, 0.25) is 0 Å². The summed E-state index contributed by atoms with van der Waals surface area (Å²) in [5, 5.41) is 11.9. The van der Waals surface area contributed by atoms with Gasteiger partial charge in [-0.25, -0.2) is 9.98 Å². The van der Waals surface area contributed by atoms with E-state index in [9.17, 15) is 5.11 Å². The molecule has 0 amide bonds. The SMILES string of the molecule is COc1cc(-c2nc3ccccn3c2N=Cc2cn(Cc3ccccc3Cl)c3ccccc23)ccc1O. The number of aromatic nitrogens is 3. The van der Waals surface area contributed by atoms with E-state index in [1.165, 1.54) is 7.11 Å². The maximum atomic E-state index is 10.1. The van der Waals surface area contributed by atoms with Crippen molar-refractivity contribution in [2.45, 2.75) is 6.54 Å². The van der Waals surface area contributed by atoms with Crippen LogP contribution in [0, 0.1) is 0 Å². The van der Waals surface area contributed by atoms with Gasteiger partial charge in [-0.05, 0) is 48.0 Å². The van der Waals surface area contributed by atoms with Gasteiger partial charge in [-0.2, -0.15) is 0 Å². The van der Waals surface area contributed by atoms with Crippen LogP contribution in [-0.2, 0) is 6.54 Å². The molecule has 0 spiro atoms. The van der Waals surface area contributed by atoms with Gasteiger partial charge in [0, 0.05) is 52.2 Å². The van der Waals surface area contributed by atoms with E-state index in [2.05, 4.69) is 22.9 Å². The summed E-state index contributed by atoms with van der Waals surface area (Å²) < 4.78 is 9.47. The van der Waals surface area contributed by atoms with Gasteiger partial charge < -0.3 is 14.4 Å². The predicted molar refractivity (Wildman–Crippen MR) is 149 cm³/mol. The molecule has 3 heterocycles. The Morgan fingerprint density at radius 1 is 1.00 bits per heavy atom. The lowest BCUT2D eigenvalue weighted by atomic mass is 10.1. The molecule has 3 aromatic heterocycles. The molecular weight excluding hydrogens is 484 g/mol. The lowest BCUT2D eigenvalue weighted by Crippen LogP contribution is -1.98. The van der Waals surface area contributed by atoms with Gasteiger partial charge in [0.15, 0.2) is 17.3 Å². The molecule has 0 saturated heterocycles. The second kappa shape index (κ2) is 9.48. The Labute approximate surface area is 218 Å². The average molecular weight is 507 g/mol. The van der Waals surface area contributed by atoms with Crippen molar-refractivity contribution in [2.24, 2.45) is 4.99 Å². The minimum atomic E-state index is 0.0754. The highest BCUT2D eigenvalue weighted by atomic mass is 35.5. The Balaban J connectivity index is 1.46. The number of methoxy groups -OCH3 is 1. The van der Waals surface area contributed by atoms with E-state index in [1.807, 2.05) is 77.5 Å². The highest BCUT2D eigenvalue weighted by molar-refractivity contribution is 6.31. The van der Waals surface area contributed by atoms with Crippen LogP contribution in [-0.4, -0.2) is 32.4 Å². The van der Waals surface area contributed by atoms with Gasteiger partial charge in [0.1, 0.15) is 11.3 Å². The zero-order valence-electron chi connectivity index (χ0n) is 20.0. The highest BCUT2D eigenvalue weighted by Gasteiger charge is 2.16. The first kappa shape index (κ1) is 22.9. The zero-order valence-corrected chi connectivity index (χ0v) is 20.8. The van der Waals surface area contributed by atoms with Gasteiger partial charge in [0.05, 0.1) is 7.11 Å². The van der Waals surface area contributed by atoms with Crippen molar-refractivity contribution >= 4 is 40.2 Å². The first-order valence-corrected chi connectivity index (χ1v) is 12.2. The number of aromatic hydroxyl groups is 1. The fourth-order valence-electron chi connectivity index (χ4n) is 4.57. The van der Waals surface area contributed by atoms with E-state index in [0.717, 1.165) is 38.3 Å². The summed E-state index contributed by atoms with van der Waals surface area (Å²) in [5.41, 5.74) is 5.41. The smallest absolute Gasteiger partial charge is 0.165 e. The number of imidazole rings is 1. The number of nitrogens with zero attached hydrogens (tertiary/aromatic N) is 4. The number of hydrogen-bond donors (Lipinski definition) is 1.